The van der Waals surface area contributed by atoms with Crippen LogP contribution in [0.2, 0.25) is 0 Å². The van der Waals surface area contributed by atoms with Gasteiger partial charge >= 0.3 is 0 Å². The maximum atomic E-state index is 13.1. The van der Waals surface area contributed by atoms with Crippen molar-refractivity contribution in [2.24, 2.45) is 11.8 Å². The van der Waals surface area contributed by atoms with Crippen LogP contribution in [0.25, 0.3) is 22.1 Å². The first-order valence-electron chi connectivity index (χ1n) is 10.5. The topological polar surface area (TPSA) is 87.0 Å². The van der Waals surface area contributed by atoms with E-state index in [2.05, 4.69) is 19.5 Å². The van der Waals surface area contributed by atoms with Gasteiger partial charge in [0.05, 0.1) is 29.5 Å². The van der Waals surface area contributed by atoms with E-state index >= 15 is 0 Å². The quantitative estimate of drug-likeness (QED) is 0.541. The maximum absolute atomic E-state index is 13.1. The molecule has 1 amide bonds. The van der Waals surface area contributed by atoms with Crippen molar-refractivity contribution < 1.29 is 9.90 Å². The molecule has 1 aliphatic carbocycles. The molecule has 0 bridgehead atoms. The largest absolute Gasteiger partial charge is 0.391 e. The highest BCUT2D eigenvalue weighted by Gasteiger charge is 2.44. The van der Waals surface area contributed by atoms with Crippen molar-refractivity contribution in [1.29, 1.82) is 0 Å². The van der Waals surface area contributed by atoms with E-state index in [1.54, 1.807) is 6.07 Å². The van der Waals surface area contributed by atoms with E-state index in [-0.39, 0.29) is 11.9 Å². The number of carbonyl (C=O) groups excluding carboxylic acids is 1. The number of amides is 1. The molecule has 7 heteroatoms. The molecule has 4 atom stereocenters. The molecule has 1 saturated heterocycles. The summed E-state index contributed by atoms with van der Waals surface area (Å²) in [4.78, 5) is 27.1. The van der Waals surface area contributed by atoms with Gasteiger partial charge in [-0.05, 0) is 55.0 Å². The Balaban J connectivity index is 1.23. The van der Waals surface area contributed by atoms with Crippen LogP contribution in [0.1, 0.15) is 29.4 Å². The summed E-state index contributed by atoms with van der Waals surface area (Å²) < 4.78 is 2.11. The van der Waals surface area contributed by atoms with E-state index in [4.69, 9.17) is 0 Å². The number of carbonyl (C=O) groups is 1. The zero-order chi connectivity index (χ0) is 20.2. The second-order valence-electron chi connectivity index (χ2n) is 8.59. The number of rotatable bonds is 2. The number of nitrogens with one attached hydrogen (secondary N) is 1. The number of aromatic nitrogens is 4. The fourth-order valence-corrected chi connectivity index (χ4v) is 5.33. The molecule has 1 aliphatic heterocycles. The molecule has 2 aliphatic rings. The number of hydrogen-bond acceptors (Lipinski definition) is 4. The highest BCUT2D eigenvalue weighted by molar-refractivity contribution is 5.94. The van der Waals surface area contributed by atoms with Crippen LogP contribution in [0.4, 0.5) is 0 Å². The van der Waals surface area contributed by atoms with Crippen LogP contribution in [0, 0.1) is 11.8 Å². The van der Waals surface area contributed by atoms with Crippen LogP contribution < -0.4 is 0 Å². The fraction of sp³-hybridized carbons (Fsp3) is 0.348. The number of aromatic amines is 1. The summed E-state index contributed by atoms with van der Waals surface area (Å²) in [6, 6.07) is 13.7. The third-order valence-corrected chi connectivity index (χ3v) is 6.86. The summed E-state index contributed by atoms with van der Waals surface area (Å²) in [6.45, 7) is 1.40. The molecule has 4 aromatic rings. The first-order chi connectivity index (χ1) is 14.7. The molecule has 0 radical (unpaired) electrons. The summed E-state index contributed by atoms with van der Waals surface area (Å²) in [6.07, 6.45) is 4.78. The van der Waals surface area contributed by atoms with Crippen molar-refractivity contribution in [3.8, 4) is 0 Å². The first kappa shape index (κ1) is 17.7. The number of fused-ring (bicyclic) bond motifs is 3. The molecule has 152 valence electrons. The van der Waals surface area contributed by atoms with Crippen LogP contribution >= 0.6 is 0 Å². The normalized spacial score (nSPS) is 26.4. The van der Waals surface area contributed by atoms with Crippen LogP contribution in [0.3, 0.4) is 0 Å². The molecule has 1 saturated carbocycles. The van der Waals surface area contributed by atoms with E-state index in [1.807, 2.05) is 53.8 Å². The summed E-state index contributed by atoms with van der Waals surface area (Å²) in [5, 5.41) is 11.9. The van der Waals surface area contributed by atoms with Gasteiger partial charge in [0.15, 0.2) is 0 Å². The minimum Gasteiger partial charge on any atom is -0.391 e. The van der Waals surface area contributed by atoms with Gasteiger partial charge in [0, 0.05) is 24.7 Å². The third kappa shape index (κ3) is 2.73. The lowest BCUT2D eigenvalue weighted by Crippen LogP contribution is -2.36. The number of H-pyrrole nitrogens is 1. The lowest BCUT2D eigenvalue weighted by Gasteiger charge is -2.36. The van der Waals surface area contributed by atoms with Crippen molar-refractivity contribution in [3.63, 3.8) is 0 Å². The Morgan fingerprint density at radius 2 is 1.90 bits per heavy atom. The molecule has 1 aromatic carbocycles. The Bertz CT molecular complexity index is 1240. The number of hydrogen-bond donors (Lipinski definition) is 2. The standard InChI is InChI=1S/C23H23N5O2/c29-21-10-16-12-27(23(30)18-6-5-14-7-8-24-22(14)26-18)11-15(16)9-20(21)28-13-25-17-3-1-2-4-19(17)28/h1-8,13,15-16,20-21,29H,9-12H2,(H,24,26)/t15-,16+,20-,21-/m1/s1. The Hall–Kier alpha value is -3.19. The second kappa shape index (κ2) is 6.67. The molecular formula is C23H23N5O2. The second-order valence-corrected chi connectivity index (χ2v) is 8.59. The molecular weight excluding hydrogens is 378 g/mol. The Morgan fingerprint density at radius 3 is 2.80 bits per heavy atom. The summed E-state index contributed by atoms with van der Waals surface area (Å²) in [7, 11) is 0. The zero-order valence-electron chi connectivity index (χ0n) is 16.5. The van der Waals surface area contributed by atoms with Gasteiger partial charge in [-0.1, -0.05) is 12.1 Å². The lowest BCUT2D eigenvalue weighted by molar-refractivity contribution is 0.0374. The average Bonchev–Trinajstić information content (AvgIpc) is 3.49. The van der Waals surface area contributed by atoms with Gasteiger partial charge in [-0.2, -0.15) is 0 Å². The van der Waals surface area contributed by atoms with E-state index in [0.717, 1.165) is 28.5 Å². The van der Waals surface area contributed by atoms with Crippen LogP contribution in [-0.4, -0.2) is 54.6 Å². The molecule has 0 spiro atoms. The molecule has 7 nitrogen and oxygen atoms in total. The number of aliphatic hydroxyl groups excluding tert-OH is 1. The zero-order valence-corrected chi connectivity index (χ0v) is 16.5. The van der Waals surface area contributed by atoms with Crippen molar-refractivity contribution >= 4 is 28.0 Å². The van der Waals surface area contributed by atoms with Crippen LogP contribution in [0.15, 0.2) is 55.0 Å². The van der Waals surface area contributed by atoms with Crippen molar-refractivity contribution in [2.45, 2.75) is 25.0 Å². The molecule has 6 rings (SSSR count). The molecule has 30 heavy (non-hydrogen) atoms. The average molecular weight is 401 g/mol. The maximum Gasteiger partial charge on any atom is 0.272 e. The molecule has 2 fully saturated rings. The molecule has 2 N–H and O–H groups in total. The highest BCUT2D eigenvalue weighted by atomic mass is 16.3. The number of likely N-dealkylation sites (tertiary alicyclic amines) is 1. The van der Waals surface area contributed by atoms with Gasteiger partial charge in [-0.3, -0.25) is 4.79 Å². The van der Waals surface area contributed by atoms with Gasteiger partial charge in [0.2, 0.25) is 0 Å². The number of pyridine rings is 1. The van der Waals surface area contributed by atoms with Crippen LogP contribution in [-0.2, 0) is 0 Å². The number of nitrogens with zero attached hydrogens (tertiary/aromatic N) is 4. The number of benzene rings is 1. The number of imidazole rings is 1. The summed E-state index contributed by atoms with van der Waals surface area (Å²) in [5.74, 6) is 0.668. The molecule has 3 aromatic heterocycles. The van der Waals surface area contributed by atoms with Crippen LogP contribution in [0.5, 0.6) is 0 Å². The fourth-order valence-electron chi connectivity index (χ4n) is 5.33. The summed E-state index contributed by atoms with van der Waals surface area (Å²) >= 11 is 0. The highest BCUT2D eigenvalue weighted by Crippen LogP contribution is 2.42. The monoisotopic (exact) mass is 401 g/mol. The lowest BCUT2D eigenvalue weighted by atomic mass is 9.77. The predicted molar refractivity (Wildman–Crippen MR) is 113 cm³/mol. The van der Waals surface area contributed by atoms with Gasteiger partial charge in [-0.25, -0.2) is 9.97 Å². The summed E-state index contributed by atoms with van der Waals surface area (Å²) in [5.41, 5.74) is 3.21. The Labute approximate surface area is 173 Å². The van der Waals surface area contributed by atoms with E-state index < -0.39 is 6.10 Å². The number of aliphatic hydroxyl groups is 1. The van der Waals surface area contributed by atoms with Gasteiger partial charge in [0.1, 0.15) is 11.3 Å². The third-order valence-electron chi connectivity index (χ3n) is 6.86. The van der Waals surface area contributed by atoms with E-state index in [9.17, 15) is 9.90 Å². The van der Waals surface area contributed by atoms with Gasteiger partial charge in [0.25, 0.3) is 5.91 Å². The minimum atomic E-state index is -0.438. The smallest absolute Gasteiger partial charge is 0.272 e. The number of para-hydroxylation sites is 2. The minimum absolute atomic E-state index is 0.0119. The van der Waals surface area contributed by atoms with Crippen molar-refractivity contribution in [3.05, 3.63) is 60.7 Å². The van der Waals surface area contributed by atoms with E-state index in [0.29, 0.717) is 37.0 Å². The molecule has 0 unspecified atom stereocenters. The predicted octanol–water partition coefficient (Wildman–Crippen LogP) is 3.00. The Kier molecular flexibility index (Phi) is 3.92. The van der Waals surface area contributed by atoms with Gasteiger partial charge in [-0.15, -0.1) is 0 Å². The first-order valence-corrected chi connectivity index (χ1v) is 10.5. The van der Waals surface area contributed by atoms with Gasteiger partial charge < -0.3 is 19.6 Å². The van der Waals surface area contributed by atoms with E-state index in [1.165, 1.54) is 0 Å². The Morgan fingerprint density at radius 1 is 1.07 bits per heavy atom. The van der Waals surface area contributed by atoms with Crippen molar-refractivity contribution in [1.82, 2.24) is 24.4 Å². The molecule has 4 heterocycles. The SMILES string of the molecule is O=C(c1ccc2cc[nH]c2n1)N1C[C@H]2C[C@@H](n3cnc4ccccc43)[C@H](O)C[C@H]2C1. The van der Waals surface area contributed by atoms with Crippen molar-refractivity contribution in [2.75, 3.05) is 13.1 Å².